The lowest BCUT2D eigenvalue weighted by Gasteiger charge is -2.26. The van der Waals surface area contributed by atoms with Gasteiger partial charge < -0.3 is 0 Å². The van der Waals surface area contributed by atoms with Crippen molar-refractivity contribution in [2.75, 3.05) is 5.75 Å². The number of benzene rings is 1. The standard InChI is InChI=1S/C17H24N4O4S/c1-17(2,14-9-5-3-6-10-14)20-26(24,25)12-8-4-7-11-21-13-18-15(22)19-16(21)23/h3,5-6,9-10,13,20H,4,7-8,11-12H2,1-2H3,(H,19,22,23). The molecule has 2 N–H and O–H groups in total. The molecule has 8 nitrogen and oxygen atoms in total. The molecule has 2 aromatic rings. The Morgan fingerprint density at radius 1 is 1.12 bits per heavy atom. The highest BCUT2D eigenvalue weighted by Crippen LogP contribution is 2.20. The molecule has 26 heavy (non-hydrogen) atoms. The van der Waals surface area contributed by atoms with Gasteiger partial charge in [0, 0.05) is 6.54 Å². The fourth-order valence-electron chi connectivity index (χ4n) is 2.63. The largest absolute Gasteiger partial charge is 0.350 e. The van der Waals surface area contributed by atoms with Crippen LogP contribution in [0.2, 0.25) is 0 Å². The van der Waals surface area contributed by atoms with E-state index in [0.29, 0.717) is 25.8 Å². The summed E-state index contributed by atoms with van der Waals surface area (Å²) in [5, 5.41) is 0. The summed E-state index contributed by atoms with van der Waals surface area (Å²) >= 11 is 0. The normalized spacial score (nSPS) is 12.2. The van der Waals surface area contributed by atoms with Gasteiger partial charge in [-0.15, -0.1) is 0 Å². The second-order valence-electron chi connectivity index (χ2n) is 6.65. The topological polar surface area (TPSA) is 114 Å². The van der Waals surface area contributed by atoms with Crippen molar-refractivity contribution in [3.05, 3.63) is 63.2 Å². The third-order valence-corrected chi connectivity index (χ3v) is 5.65. The van der Waals surface area contributed by atoms with E-state index in [4.69, 9.17) is 0 Å². The Labute approximate surface area is 152 Å². The fourth-order valence-corrected chi connectivity index (χ4v) is 4.22. The zero-order valence-electron chi connectivity index (χ0n) is 14.9. The first-order chi connectivity index (χ1) is 12.2. The molecule has 0 radical (unpaired) electrons. The first kappa shape index (κ1) is 20.1. The molecule has 0 saturated carbocycles. The second kappa shape index (κ2) is 8.41. The van der Waals surface area contributed by atoms with Crippen molar-refractivity contribution in [1.29, 1.82) is 0 Å². The van der Waals surface area contributed by atoms with E-state index in [0.717, 1.165) is 5.56 Å². The molecule has 0 aliphatic carbocycles. The monoisotopic (exact) mass is 380 g/mol. The maximum absolute atomic E-state index is 12.3. The Balaban J connectivity index is 1.81. The maximum atomic E-state index is 12.3. The van der Waals surface area contributed by atoms with Gasteiger partial charge in [0.2, 0.25) is 10.0 Å². The molecule has 0 amide bonds. The SMILES string of the molecule is CC(C)(NS(=O)(=O)CCCCCn1cnc(=O)[nH]c1=O)c1ccccc1. The highest BCUT2D eigenvalue weighted by atomic mass is 32.2. The van der Waals surface area contributed by atoms with Crippen molar-refractivity contribution in [2.45, 2.75) is 45.2 Å². The van der Waals surface area contributed by atoms with Crippen LogP contribution in [0, 0.1) is 0 Å². The summed E-state index contributed by atoms with van der Waals surface area (Å²) in [6, 6.07) is 9.41. The van der Waals surface area contributed by atoms with Gasteiger partial charge in [-0.1, -0.05) is 36.8 Å². The zero-order valence-corrected chi connectivity index (χ0v) is 15.8. The van der Waals surface area contributed by atoms with Gasteiger partial charge in [-0.25, -0.2) is 22.7 Å². The number of rotatable bonds is 9. The molecule has 0 atom stereocenters. The summed E-state index contributed by atoms with van der Waals surface area (Å²) in [6.45, 7) is 4.04. The molecule has 142 valence electrons. The molecular weight excluding hydrogens is 356 g/mol. The van der Waals surface area contributed by atoms with Gasteiger partial charge >= 0.3 is 11.4 Å². The van der Waals surface area contributed by atoms with Crippen molar-refractivity contribution in [2.24, 2.45) is 0 Å². The van der Waals surface area contributed by atoms with Crippen LogP contribution < -0.4 is 16.1 Å². The average Bonchev–Trinajstić information content (AvgIpc) is 2.56. The number of H-pyrrole nitrogens is 1. The number of nitrogens with one attached hydrogen (secondary N) is 2. The van der Waals surface area contributed by atoms with Crippen LogP contribution in [0.1, 0.15) is 38.7 Å². The van der Waals surface area contributed by atoms with Crippen molar-refractivity contribution in [3.63, 3.8) is 0 Å². The van der Waals surface area contributed by atoms with Crippen LogP contribution in [0.3, 0.4) is 0 Å². The van der Waals surface area contributed by atoms with E-state index in [1.807, 2.05) is 44.2 Å². The molecule has 1 heterocycles. The molecule has 0 unspecified atom stereocenters. The predicted octanol–water partition coefficient (Wildman–Crippen LogP) is 0.957. The lowest BCUT2D eigenvalue weighted by atomic mass is 9.96. The summed E-state index contributed by atoms with van der Waals surface area (Å²) in [5.74, 6) is 0.0159. The van der Waals surface area contributed by atoms with Crippen LogP contribution in [-0.4, -0.2) is 28.7 Å². The first-order valence-electron chi connectivity index (χ1n) is 8.42. The average molecular weight is 380 g/mol. The maximum Gasteiger partial charge on any atom is 0.350 e. The van der Waals surface area contributed by atoms with Crippen molar-refractivity contribution < 1.29 is 8.42 Å². The Morgan fingerprint density at radius 2 is 1.81 bits per heavy atom. The third kappa shape index (κ3) is 5.92. The first-order valence-corrected chi connectivity index (χ1v) is 10.1. The molecule has 1 aromatic carbocycles. The molecule has 0 spiro atoms. The molecule has 0 bridgehead atoms. The molecule has 9 heteroatoms. The van der Waals surface area contributed by atoms with Gasteiger partial charge in [0.15, 0.2) is 0 Å². The second-order valence-corrected chi connectivity index (χ2v) is 8.49. The van der Waals surface area contributed by atoms with E-state index in [2.05, 4.69) is 14.7 Å². The molecule has 0 saturated heterocycles. The quantitative estimate of drug-likeness (QED) is 0.629. The lowest BCUT2D eigenvalue weighted by molar-refractivity contribution is 0.470. The number of aryl methyl sites for hydroxylation is 1. The number of aromatic nitrogens is 3. The van der Waals surface area contributed by atoms with Crippen molar-refractivity contribution in [1.82, 2.24) is 19.3 Å². The number of nitrogens with zero attached hydrogens (tertiary/aromatic N) is 2. The van der Waals surface area contributed by atoms with E-state index in [1.165, 1.54) is 10.9 Å². The number of hydrogen-bond donors (Lipinski definition) is 2. The van der Waals surface area contributed by atoms with Crippen LogP contribution >= 0.6 is 0 Å². The predicted molar refractivity (Wildman–Crippen MR) is 99.4 cm³/mol. The smallest absolute Gasteiger partial charge is 0.284 e. The molecule has 0 aliphatic heterocycles. The molecule has 2 rings (SSSR count). The molecular formula is C17H24N4O4S. The van der Waals surface area contributed by atoms with E-state index in [9.17, 15) is 18.0 Å². The van der Waals surface area contributed by atoms with Crippen LogP contribution in [-0.2, 0) is 22.1 Å². The van der Waals surface area contributed by atoms with E-state index in [1.54, 1.807) is 0 Å². The summed E-state index contributed by atoms with van der Waals surface area (Å²) < 4.78 is 28.7. The van der Waals surface area contributed by atoms with Gasteiger partial charge in [-0.05, 0) is 32.3 Å². The van der Waals surface area contributed by atoms with Crippen LogP contribution in [0.25, 0.3) is 0 Å². The van der Waals surface area contributed by atoms with Gasteiger partial charge in [0.25, 0.3) is 0 Å². The van der Waals surface area contributed by atoms with E-state index >= 15 is 0 Å². The van der Waals surface area contributed by atoms with E-state index < -0.39 is 26.9 Å². The van der Waals surface area contributed by atoms with Gasteiger partial charge in [-0.3, -0.25) is 9.55 Å². The minimum Gasteiger partial charge on any atom is -0.284 e. The van der Waals surface area contributed by atoms with Crippen molar-refractivity contribution in [3.8, 4) is 0 Å². The minimum atomic E-state index is -3.42. The summed E-state index contributed by atoms with van der Waals surface area (Å²) in [4.78, 5) is 28.0. The highest BCUT2D eigenvalue weighted by Gasteiger charge is 2.26. The Bertz CT molecular complexity index is 933. The Kier molecular flexibility index (Phi) is 6.49. The fraction of sp³-hybridized carbons (Fsp3) is 0.471. The lowest BCUT2D eigenvalue weighted by Crippen LogP contribution is -2.42. The number of sulfonamides is 1. The van der Waals surface area contributed by atoms with Gasteiger partial charge in [0.05, 0.1) is 11.3 Å². The number of hydrogen-bond acceptors (Lipinski definition) is 5. The van der Waals surface area contributed by atoms with Crippen molar-refractivity contribution >= 4 is 10.0 Å². The third-order valence-electron chi connectivity index (χ3n) is 4.01. The molecule has 1 aromatic heterocycles. The Hall–Kier alpha value is -2.26. The van der Waals surface area contributed by atoms with E-state index in [-0.39, 0.29) is 5.75 Å². The van der Waals surface area contributed by atoms with Gasteiger partial charge in [-0.2, -0.15) is 4.98 Å². The minimum absolute atomic E-state index is 0.0159. The summed E-state index contributed by atoms with van der Waals surface area (Å²) in [7, 11) is -3.42. The molecule has 0 fully saturated rings. The molecule has 0 aliphatic rings. The number of unbranched alkanes of at least 4 members (excludes halogenated alkanes) is 2. The van der Waals surface area contributed by atoms with Crippen LogP contribution in [0.15, 0.2) is 46.2 Å². The van der Waals surface area contributed by atoms with Gasteiger partial charge in [0.1, 0.15) is 6.33 Å². The zero-order chi connectivity index (χ0) is 19.2. The number of aromatic amines is 1. The highest BCUT2D eigenvalue weighted by molar-refractivity contribution is 7.89. The van der Waals surface area contributed by atoms with Crippen LogP contribution in [0.5, 0.6) is 0 Å². The summed E-state index contributed by atoms with van der Waals surface area (Å²) in [6.07, 6.45) is 2.93. The summed E-state index contributed by atoms with van der Waals surface area (Å²) in [5.41, 5.74) is -0.975. The Morgan fingerprint density at radius 3 is 2.46 bits per heavy atom. The van der Waals surface area contributed by atoms with Crippen LogP contribution in [0.4, 0.5) is 0 Å².